The molecule has 1 atom stereocenters. The molecule has 9 nitrogen and oxygen atoms in total. The van der Waals surface area contributed by atoms with Crippen molar-refractivity contribution >= 4 is 45.7 Å². The van der Waals surface area contributed by atoms with Gasteiger partial charge in [-0.1, -0.05) is 72.3 Å². The second kappa shape index (κ2) is 15.3. The topological polar surface area (TPSA) is 111 Å². The largest absolute Gasteiger partial charge is 0.507 e. The molecule has 0 aliphatic carbocycles. The first-order valence-electron chi connectivity index (χ1n) is 15.3. The Kier molecular flexibility index (Phi) is 11.0. The monoisotopic (exact) mass is 659 g/mol. The second-order valence-electron chi connectivity index (χ2n) is 10.6. The summed E-state index contributed by atoms with van der Waals surface area (Å²) >= 11 is 2.72. The molecule has 1 aromatic heterocycles. The lowest BCUT2D eigenvalue weighted by atomic mass is 9.95. The van der Waals surface area contributed by atoms with E-state index in [9.17, 15) is 14.7 Å². The zero-order valence-electron chi connectivity index (χ0n) is 26.3. The molecule has 0 saturated carbocycles. The van der Waals surface area contributed by atoms with Crippen molar-refractivity contribution in [2.45, 2.75) is 56.7 Å². The fourth-order valence-electron chi connectivity index (χ4n) is 4.97. The van der Waals surface area contributed by atoms with Crippen LogP contribution in [-0.2, 0) is 15.3 Å². The van der Waals surface area contributed by atoms with E-state index in [0.717, 1.165) is 18.4 Å². The number of aliphatic hydroxyl groups is 1. The summed E-state index contributed by atoms with van der Waals surface area (Å²) < 4.78 is 18.1. The van der Waals surface area contributed by atoms with E-state index >= 15 is 0 Å². The fourth-order valence-corrected chi connectivity index (χ4v) is 6.80. The maximum absolute atomic E-state index is 13.7. The number of nitrogens with zero attached hydrogens (tertiary/aromatic N) is 3. The van der Waals surface area contributed by atoms with Crippen LogP contribution in [-0.4, -0.2) is 46.8 Å². The molecule has 0 radical (unpaired) electrons. The number of carbonyl (C=O) groups is 2. The van der Waals surface area contributed by atoms with Crippen molar-refractivity contribution in [1.29, 1.82) is 0 Å². The van der Waals surface area contributed by atoms with Gasteiger partial charge in [-0.2, -0.15) is 0 Å². The molecular formula is C35H37N3O6S2. The molecular weight excluding hydrogens is 623 g/mol. The Labute approximate surface area is 277 Å². The third kappa shape index (κ3) is 7.37. The normalized spacial score (nSPS) is 15.7. The molecule has 1 amide bonds. The van der Waals surface area contributed by atoms with Crippen molar-refractivity contribution in [1.82, 2.24) is 10.2 Å². The van der Waals surface area contributed by atoms with E-state index in [1.165, 1.54) is 33.6 Å². The Morgan fingerprint density at radius 3 is 2.35 bits per heavy atom. The number of hydrogen-bond donors (Lipinski definition) is 1. The standard InChI is InChI=1S/C35H37N3O6S2/c1-5-8-19-44-27-18-15-25(20-28(27)43-7-3)30-29(31(39)24-13-16-26(17-14-24)42-6-2)32(40)33(41)38(30)34-36-37-35(46-34)45-21-23-11-9-22(4)10-12-23/h9-18,20,30,39H,5-8,19,21H2,1-4H3. The fraction of sp³-hybridized carbons (Fsp3) is 0.314. The number of hydrogen-bond acceptors (Lipinski definition) is 10. The summed E-state index contributed by atoms with van der Waals surface area (Å²) in [4.78, 5) is 28.8. The Hall–Kier alpha value is -4.35. The van der Waals surface area contributed by atoms with Crippen molar-refractivity contribution < 1.29 is 28.9 Å². The number of ether oxygens (including phenoxy) is 3. The minimum Gasteiger partial charge on any atom is -0.507 e. The second-order valence-corrected chi connectivity index (χ2v) is 12.8. The molecule has 1 saturated heterocycles. The summed E-state index contributed by atoms with van der Waals surface area (Å²) in [5.41, 5.74) is 3.19. The number of ketones is 1. The Morgan fingerprint density at radius 1 is 0.913 bits per heavy atom. The Balaban J connectivity index is 1.56. The predicted octanol–water partition coefficient (Wildman–Crippen LogP) is 7.74. The van der Waals surface area contributed by atoms with Crippen molar-refractivity contribution in [3.8, 4) is 17.2 Å². The van der Waals surface area contributed by atoms with Crippen LogP contribution in [0.5, 0.6) is 17.2 Å². The molecule has 0 spiro atoms. The van der Waals surface area contributed by atoms with Gasteiger partial charge in [-0.15, -0.1) is 10.2 Å². The van der Waals surface area contributed by atoms with Crippen molar-refractivity contribution in [2.75, 3.05) is 24.7 Å². The highest BCUT2D eigenvalue weighted by Gasteiger charge is 2.48. The molecule has 3 aromatic carbocycles. The SMILES string of the molecule is CCCCOc1ccc(C2C(=C(O)c3ccc(OCC)cc3)C(=O)C(=O)N2c2nnc(SCc3ccc(C)cc3)s2)cc1OCC. The molecule has 1 fully saturated rings. The van der Waals surface area contributed by atoms with Crippen LogP contribution in [0.1, 0.15) is 61.9 Å². The minimum atomic E-state index is -0.988. The van der Waals surface area contributed by atoms with Gasteiger partial charge in [0.15, 0.2) is 15.8 Å². The van der Waals surface area contributed by atoms with Crippen LogP contribution in [0.4, 0.5) is 5.13 Å². The zero-order valence-corrected chi connectivity index (χ0v) is 28.0. The number of aromatic nitrogens is 2. The molecule has 1 unspecified atom stereocenters. The number of rotatable bonds is 14. The summed E-state index contributed by atoms with van der Waals surface area (Å²) in [7, 11) is 0. The third-order valence-corrected chi connectivity index (χ3v) is 9.43. The highest BCUT2D eigenvalue weighted by Crippen LogP contribution is 2.45. The van der Waals surface area contributed by atoms with Crippen LogP contribution >= 0.6 is 23.1 Å². The Morgan fingerprint density at radius 2 is 1.65 bits per heavy atom. The molecule has 5 rings (SSSR count). The number of unbranched alkanes of at least 4 members (excludes halogenated alkanes) is 1. The molecule has 2 heterocycles. The van der Waals surface area contributed by atoms with Crippen molar-refractivity contribution in [3.05, 3.63) is 94.6 Å². The van der Waals surface area contributed by atoms with Gasteiger partial charge in [-0.3, -0.25) is 14.5 Å². The van der Waals surface area contributed by atoms with Gasteiger partial charge in [0.2, 0.25) is 5.13 Å². The lowest BCUT2D eigenvalue weighted by molar-refractivity contribution is -0.132. The Bertz CT molecular complexity index is 1700. The van der Waals surface area contributed by atoms with E-state index in [1.807, 2.05) is 20.8 Å². The van der Waals surface area contributed by atoms with E-state index in [2.05, 4.69) is 41.4 Å². The molecule has 1 aliphatic heterocycles. The lowest BCUT2D eigenvalue weighted by Crippen LogP contribution is -2.29. The van der Waals surface area contributed by atoms with E-state index in [0.29, 0.717) is 58.3 Å². The molecule has 0 bridgehead atoms. The predicted molar refractivity (Wildman–Crippen MR) is 181 cm³/mol. The lowest BCUT2D eigenvalue weighted by Gasteiger charge is -2.23. The van der Waals surface area contributed by atoms with E-state index < -0.39 is 17.7 Å². The first-order chi connectivity index (χ1) is 22.3. The van der Waals surface area contributed by atoms with Crippen LogP contribution in [0.3, 0.4) is 0 Å². The van der Waals surface area contributed by atoms with Gasteiger partial charge in [0.25, 0.3) is 5.78 Å². The summed E-state index contributed by atoms with van der Waals surface area (Å²) in [5.74, 6) is 0.426. The number of Topliss-reactive ketones (excluding diaryl/α,β-unsaturated/α-hetero) is 1. The van der Waals surface area contributed by atoms with E-state index in [4.69, 9.17) is 14.2 Å². The maximum Gasteiger partial charge on any atom is 0.301 e. The van der Waals surface area contributed by atoms with Gasteiger partial charge in [-0.05, 0) is 74.7 Å². The third-order valence-electron chi connectivity index (χ3n) is 7.31. The number of anilines is 1. The first-order valence-corrected chi connectivity index (χ1v) is 17.1. The van der Waals surface area contributed by atoms with Crippen LogP contribution in [0, 0.1) is 6.92 Å². The molecule has 4 aromatic rings. The van der Waals surface area contributed by atoms with Crippen LogP contribution in [0.25, 0.3) is 5.76 Å². The van der Waals surface area contributed by atoms with Gasteiger partial charge in [0.05, 0.1) is 31.4 Å². The summed E-state index contributed by atoms with van der Waals surface area (Å²) in [6, 6.07) is 19.3. The smallest absolute Gasteiger partial charge is 0.301 e. The summed E-state index contributed by atoms with van der Waals surface area (Å²) in [5, 5.41) is 20.5. The van der Waals surface area contributed by atoms with Crippen LogP contribution in [0.2, 0.25) is 0 Å². The number of benzene rings is 3. The molecule has 240 valence electrons. The quantitative estimate of drug-likeness (QED) is 0.0363. The average Bonchev–Trinajstić information content (AvgIpc) is 3.63. The highest BCUT2D eigenvalue weighted by atomic mass is 32.2. The van der Waals surface area contributed by atoms with Crippen LogP contribution < -0.4 is 19.1 Å². The number of aryl methyl sites for hydroxylation is 1. The zero-order chi connectivity index (χ0) is 32.6. The van der Waals surface area contributed by atoms with E-state index in [-0.39, 0.29) is 16.5 Å². The van der Waals surface area contributed by atoms with Crippen molar-refractivity contribution in [3.63, 3.8) is 0 Å². The molecule has 1 N–H and O–H groups in total. The molecule has 11 heteroatoms. The molecule has 1 aliphatic rings. The van der Waals surface area contributed by atoms with Gasteiger partial charge >= 0.3 is 5.91 Å². The van der Waals surface area contributed by atoms with Gasteiger partial charge < -0.3 is 19.3 Å². The van der Waals surface area contributed by atoms with Gasteiger partial charge in [0, 0.05) is 11.3 Å². The summed E-state index contributed by atoms with van der Waals surface area (Å²) in [6.07, 6.45) is 1.87. The maximum atomic E-state index is 13.7. The number of thioether (sulfide) groups is 1. The van der Waals surface area contributed by atoms with Gasteiger partial charge in [0.1, 0.15) is 11.5 Å². The van der Waals surface area contributed by atoms with Crippen LogP contribution in [0.15, 0.2) is 76.6 Å². The molecule has 46 heavy (non-hydrogen) atoms. The van der Waals surface area contributed by atoms with Gasteiger partial charge in [-0.25, -0.2) is 0 Å². The number of carbonyl (C=O) groups excluding carboxylic acids is 2. The number of aliphatic hydroxyl groups excluding tert-OH is 1. The summed E-state index contributed by atoms with van der Waals surface area (Å²) in [6.45, 7) is 9.29. The highest BCUT2D eigenvalue weighted by molar-refractivity contribution is 8.00. The average molecular weight is 660 g/mol. The van der Waals surface area contributed by atoms with E-state index in [1.54, 1.807) is 42.5 Å². The van der Waals surface area contributed by atoms with Crippen molar-refractivity contribution in [2.24, 2.45) is 0 Å². The number of amides is 1. The minimum absolute atomic E-state index is 0.0553. The first kappa shape index (κ1) is 33.0.